The van der Waals surface area contributed by atoms with Crippen molar-refractivity contribution in [2.45, 2.75) is 11.8 Å². The van der Waals surface area contributed by atoms with Gasteiger partial charge in [-0.1, -0.05) is 18.2 Å². The van der Waals surface area contributed by atoms with Crippen LogP contribution < -0.4 is 4.74 Å². The normalized spacial score (nSPS) is 21.7. The van der Waals surface area contributed by atoms with Gasteiger partial charge in [-0.05, 0) is 13.1 Å². The van der Waals surface area contributed by atoms with Crippen molar-refractivity contribution in [3.63, 3.8) is 0 Å². The number of methoxy groups -OCH3 is 1. The largest absolute Gasteiger partial charge is 0.496 e. The zero-order valence-corrected chi connectivity index (χ0v) is 15.6. The molecule has 0 radical (unpaired) electrons. The molecule has 0 unspecified atom stereocenters. The molecule has 0 saturated carbocycles. The average molecular weight is 363 g/mol. The maximum atomic E-state index is 12.5. The number of ether oxygens (including phenoxy) is 1. The Hall–Kier alpha value is -1.73. The van der Waals surface area contributed by atoms with Crippen LogP contribution in [-0.2, 0) is 9.59 Å². The van der Waals surface area contributed by atoms with Gasteiger partial charge in [-0.25, -0.2) is 0 Å². The first kappa shape index (κ1) is 18.1. The molecule has 2 heterocycles. The Morgan fingerprint density at radius 2 is 1.96 bits per heavy atom. The lowest BCUT2D eigenvalue weighted by molar-refractivity contribution is -0.134. The highest BCUT2D eigenvalue weighted by atomic mass is 32.2. The van der Waals surface area contributed by atoms with Gasteiger partial charge in [0.2, 0.25) is 11.8 Å². The molecule has 1 atom stereocenters. The van der Waals surface area contributed by atoms with Crippen molar-refractivity contribution in [1.82, 2.24) is 14.7 Å². The molecule has 2 fully saturated rings. The molecule has 6 nitrogen and oxygen atoms in total. The van der Waals surface area contributed by atoms with Crippen LogP contribution in [0, 0.1) is 0 Å². The molecule has 0 aromatic heterocycles. The van der Waals surface area contributed by atoms with Gasteiger partial charge in [0.15, 0.2) is 0 Å². The Balaban J connectivity index is 1.63. The summed E-state index contributed by atoms with van der Waals surface area (Å²) in [6.07, 6.45) is 0.377. The summed E-state index contributed by atoms with van der Waals surface area (Å²) in [5.74, 6) is 1.46. The van der Waals surface area contributed by atoms with Crippen molar-refractivity contribution in [3.05, 3.63) is 29.8 Å². The first-order valence-electron chi connectivity index (χ1n) is 8.60. The number of carbonyl (C=O) groups is 2. The maximum absolute atomic E-state index is 12.5. The first-order chi connectivity index (χ1) is 12.1. The van der Waals surface area contributed by atoms with Crippen LogP contribution in [0.1, 0.15) is 17.4 Å². The van der Waals surface area contributed by atoms with Crippen molar-refractivity contribution in [2.75, 3.05) is 52.6 Å². The number of hydrogen-bond acceptors (Lipinski definition) is 5. The highest BCUT2D eigenvalue weighted by molar-refractivity contribution is 8.00. The fraction of sp³-hybridized carbons (Fsp3) is 0.556. The van der Waals surface area contributed by atoms with E-state index >= 15 is 0 Å². The van der Waals surface area contributed by atoms with Gasteiger partial charge in [0.1, 0.15) is 11.1 Å². The van der Waals surface area contributed by atoms with Crippen molar-refractivity contribution < 1.29 is 14.3 Å². The number of thioether (sulfide) groups is 1. The molecule has 2 aliphatic rings. The Morgan fingerprint density at radius 3 is 2.68 bits per heavy atom. The Bertz CT molecular complexity index is 632. The van der Waals surface area contributed by atoms with Crippen LogP contribution in [0.2, 0.25) is 0 Å². The van der Waals surface area contributed by atoms with Crippen LogP contribution in [0.5, 0.6) is 5.75 Å². The summed E-state index contributed by atoms with van der Waals surface area (Å²) < 4.78 is 5.44. The first-order valence-corrected chi connectivity index (χ1v) is 9.65. The minimum absolute atomic E-state index is 0.0797. The van der Waals surface area contributed by atoms with E-state index in [0.29, 0.717) is 18.7 Å². The zero-order chi connectivity index (χ0) is 17.8. The van der Waals surface area contributed by atoms with E-state index in [1.807, 2.05) is 34.1 Å². The summed E-state index contributed by atoms with van der Waals surface area (Å²) in [6.45, 7) is 3.82. The number of nitrogens with zero attached hydrogens (tertiary/aromatic N) is 3. The molecule has 0 spiro atoms. The molecular formula is C18H25N3O3S. The fourth-order valence-corrected chi connectivity index (χ4v) is 4.50. The Morgan fingerprint density at radius 1 is 1.24 bits per heavy atom. The molecule has 2 amide bonds. The van der Waals surface area contributed by atoms with E-state index in [2.05, 4.69) is 11.9 Å². The van der Waals surface area contributed by atoms with Crippen molar-refractivity contribution in [3.8, 4) is 5.75 Å². The topological polar surface area (TPSA) is 53.1 Å². The van der Waals surface area contributed by atoms with Crippen LogP contribution in [-0.4, -0.2) is 79.1 Å². The Labute approximate surface area is 153 Å². The van der Waals surface area contributed by atoms with E-state index in [9.17, 15) is 9.59 Å². The van der Waals surface area contributed by atoms with E-state index < -0.39 is 0 Å². The molecule has 7 heteroatoms. The number of likely N-dealkylation sites (N-methyl/N-ethyl adjacent to an activating group) is 1. The van der Waals surface area contributed by atoms with E-state index in [-0.39, 0.29) is 17.2 Å². The molecule has 1 aromatic rings. The third-order valence-electron chi connectivity index (χ3n) is 4.80. The molecule has 0 aliphatic carbocycles. The highest BCUT2D eigenvalue weighted by Crippen LogP contribution is 2.42. The summed E-state index contributed by atoms with van der Waals surface area (Å²) in [5, 5.41) is -0.0797. The third-order valence-corrected chi connectivity index (χ3v) is 6.03. The van der Waals surface area contributed by atoms with Crippen LogP contribution in [0.4, 0.5) is 0 Å². The van der Waals surface area contributed by atoms with E-state index in [1.54, 1.807) is 18.9 Å². The minimum atomic E-state index is -0.0797. The van der Waals surface area contributed by atoms with Crippen LogP contribution in [0.15, 0.2) is 24.3 Å². The molecular weight excluding hydrogens is 338 g/mol. The molecule has 3 rings (SSSR count). The fourth-order valence-electron chi connectivity index (χ4n) is 3.25. The monoisotopic (exact) mass is 363 g/mol. The predicted molar refractivity (Wildman–Crippen MR) is 98.6 cm³/mol. The molecule has 136 valence electrons. The SMILES string of the molecule is COc1ccccc1[C@@H]1SCC(=O)N1CCC(=O)N1CCN(C)CC1. The van der Waals surface area contributed by atoms with Gasteiger partial charge in [-0.15, -0.1) is 11.8 Å². The van der Waals surface area contributed by atoms with E-state index in [0.717, 1.165) is 37.5 Å². The second-order valence-corrected chi connectivity index (χ2v) is 7.50. The van der Waals surface area contributed by atoms with Gasteiger partial charge in [0.25, 0.3) is 0 Å². The second kappa shape index (κ2) is 8.10. The van der Waals surface area contributed by atoms with Gasteiger partial charge in [-0.3, -0.25) is 9.59 Å². The summed E-state index contributed by atoms with van der Waals surface area (Å²) in [5.41, 5.74) is 0.993. The zero-order valence-electron chi connectivity index (χ0n) is 14.8. The van der Waals surface area contributed by atoms with Gasteiger partial charge in [-0.2, -0.15) is 0 Å². The van der Waals surface area contributed by atoms with Crippen molar-refractivity contribution in [1.29, 1.82) is 0 Å². The molecule has 1 aromatic carbocycles. The van der Waals surface area contributed by atoms with Gasteiger partial charge in [0.05, 0.1) is 12.9 Å². The highest BCUT2D eigenvalue weighted by Gasteiger charge is 2.34. The van der Waals surface area contributed by atoms with Crippen molar-refractivity contribution in [2.24, 2.45) is 0 Å². The number of amides is 2. The van der Waals surface area contributed by atoms with Crippen molar-refractivity contribution >= 4 is 23.6 Å². The summed E-state index contributed by atoms with van der Waals surface area (Å²) in [7, 11) is 3.71. The van der Waals surface area contributed by atoms with E-state index in [1.165, 1.54) is 0 Å². The number of hydrogen-bond donors (Lipinski definition) is 0. The lowest BCUT2D eigenvalue weighted by Gasteiger charge is -2.33. The Kier molecular flexibility index (Phi) is 5.86. The van der Waals surface area contributed by atoms with Gasteiger partial charge >= 0.3 is 0 Å². The van der Waals surface area contributed by atoms with E-state index in [4.69, 9.17) is 4.74 Å². The predicted octanol–water partition coefficient (Wildman–Crippen LogP) is 1.43. The van der Waals surface area contributed by atoms with Gasteiger partial charge < -0.3 is 19.4 Å². The smallest absolute Gasteiger partial charge is 0.233 e. The van der Waals surface area contributed by atoms with Crippen LogP contribution >= 0.6 is 11.8 Å². The standard InChI is InChI=1S/C18H25N3O3S/c1-19-9-11-20(12-10-19)16(22)7-8-21-17(23)13-25-18(21)14-5-3-4-6-15(14)24-2/h3-6,18H,7-13H2,1-2H3/t18-/m0/s1. The van der Waals surface area contributed by atoms with Crippen LogP contribution in [0.25, 0.3) is 0 Å². The second-order valence-electron chi connectivity index (χ2n) is 6.43. The number of carbonyl (C=O) groups excluding carboxylic acids is 2. The molecule has 0 N–H and O–H groups in total. The molecule has 0 bridgehead atoms. The summed E-state index contributed by atoms with van der Waals surface area (Å²) in [6, 6.07) is 7.77. The summed E-state index contributed by atoms with van der Waals surface area (Å²) >= 11 is 1.59. The van der Waals surface area contributed by atoms with Gasteiger partial charge in [0, 0.05) is 44.7 Å². The number of piperazine rings is 1. The lowest BCUT2D eigenvalue weighted by Crippen LogP contribution is -2.47. The number of rotatable bonds is 5. The molecule has 2 saturated heterocycles. The minimum Gasteiger partial charge on any atom is -0.496 e. The number of benzene rings is 1. The average Bonchev–Trinajstić information content (AvgIpc) is 3.00. The third kappa shape index (κ3) is 4.10. The summed E-state index contributed by atoms with van der Waals surface area (Å²) in [4.78, 5) is 30.7. The van der Waals surface area contributed by atoms with Crippen LogP contribution in [0.3, 0.4) is 0 Å². The molecule has 2 aliphatic heterocycles. The molecule has 25 heavy (non-hydrogen) atoms. The lowest BCUT2D eigenvalue weighted by atomic mass is 10.1. The number of para-hydroxylation sites is 1. The quantitative estimate of drug-likeness (QED) is 0.792. The maximum Gasteiger partial charge on any atom is 0.233 e.